The van der Waals surface area contributed by atoms with Gasteiger partial charge in [-0.2, -0.15) is 4.98 Å². The van der Waals surface area contributed by atoms with Crippen molar-refractivity contribution >= 4 is 17.2 Å². The molecule has 1 aromatic carbocycles. The van der Waals surface area contributed by atoms with E-state index < -0.39 is 0 Å². The molecule has 4 heterocycles. The first kappa shape index (κ1) is 22.3. The number of carbonyl (C=O) groups excluding carboxylic acids is 1. The average Bonchev–Trinajstić information content (AvgIpc) is 3.61. The molecule has 0 atom stereocenters. The summed E-state index contributed by atoms with van der Waals surface area (Å²) >= 11 is 1.58. The lowest BCUT2D eigenvalue weighted by Gasteiger charge is -2.34. The Morgan fingerprint density at radius 1 is 1.06 bits per heavy atom. The van der Waals surface area contributed by atoms with Gasteiger partial charge < -0.3 is 18.7 Å². The van der Waals surface area contributed by atoms with E-state index in [9.17, 15) is 4.79 Å². The maximum atomic E-state index is 13.3. The van der Waals surface area contributed by atoms with Gasteiger partial charge in [0.2, 0.25) is 11.7 Å². The number of aromatic nitrogens is 3. The molecular formula is C24H25N5O4S. The molecule has 5 rings (SSSR count). The molecule has 0 N–H and O–H groups in total. The van der Waals surface area contributed by atoms with Crippen LogP contribution in [0, 0.1) is 13.8 Å². The second kappa shape index (κ2) is 9.78. The van der Waals surface area contributed by atoms with Crippen LogP contribution in [0.25, 0.3) is 10.7 Å². The molecule has 1 fully saturated rings. The minimum Gasteiger partial charge on any atom is -0.488 e. The number of ether oxygens (including phenoxy) is 1. The molecule has 3 aromatic heterocycles. The quantitative estimate of drug-likeness (QED) is 0.393. The number of hydrogen-bond donors (Lipinski definition) is 0. The van der Waals surface area contributed by atoms with Gasteiger partial charge in [-0.1, -0.05) is 28.5 Å². The number of benzene rings is 1. The first-order valence-electron chi connectivity index (χ1n) is 11.1. The predicted octanol–water partition coefficient (Wildman–Crippen LogP) is 3.94. The van der Waals surface area contributed by atoms with Crippen LogP contribution in [-0.4, -0.2) is 57.2 Å². The third kappa shape index (κ3) is 4.73. The van der Waals surface area contributed by atoms with E-state index in [2.05, 4.69) is 20.2 Å². The van der Waals surface area contributed by atoms with Crippen LogP contribution in [0.1, 0.15) is 33.3 Å². The summed E-state index contributed by atoms with van der Waals surface area (Å²) in [6.45, 7) is 7.28. The van der Waals surface area contributed by atoms with Crippen molar-refractivity contribution < 1.29 is 18.6 Å². The summed E-state index contributed by atoms with van der Waals surface area (Å²) in [7, 11) is 0. The Labute approximate surface area is 200 Å². The van der Waals surface area contributed by atoms with Crippen molar-refractivity contribution in [3.63, 3.8) is 0 Å². The van der Waals surface area contributed by atoms with Crippen LogP contribution in [0.3, 0.4) is 0 Å². The van der Waals surface area contributed by atoms with Gasteiger partial charge in [-0.15, -0.1) is 11.3 Å². The first-order chi connectivity index (χ1) is 16.6. The summed E-state index contributed by atoms with van der Waals surface area (Å²) < 4.78 is 16.6. The third-order valence-electron chi connectivity index (χ3n) is 5.90. The highest BCUT2D eigenvalue weighted by atomic mass is 32.1. The number of thiophene rings is 1. The van der Waals surface area contributed by atoms with E-state index in [0.29, 0.717) is 49.3 Å². The summed E-state index contributed by atoms with van der Waals surface area (Å²) in [4.78, 5) is 22.8. The highest BCUT2D eigenvalue weighted by molar-refractivity contribution is 7.13. The molecule has 4 aromatic rings. The number of hydrogen-bond acceptors (Lipinski definition) is 9. The highest BCUT2D eigenvalue weighted by Gasteiger charge is 2.25. The second-order valence-electron chi connectivity index (χ2n) is 8.14. The average molecular weight is 480 g/mol. The Balaban J connectivity index is 1.18. The third-order valence-corrected chi connectivity index (χ3v) is 6.76. The van der Waals surface area contributed by atoms with Crippen LogP contribution >= 0.6 is 11.3 Å². The van der Waals surface area contributed by atoms with Crippen molar-refractivity contribution in [3.05, 3.63) is 70.3 Å². The van der Waals surface area contributed by atoms with Crippen molar-refractivity contribution in [2.75, 3.05) is 26.2 Å². The molecule has 0 unspecified atom stereocenters. The minimum atomic E-state index is -0.0354. The molecular weight excluding hydrogens is 454 g/mol. The molecule has 1 saturated heterocycles. The summed E-state index contributed by atoms with van der Waals surface area (Å²) in [5.41, 5.74) is 2.25. The van der Waals surface area contributed by atoms with Gasteiger partial charge >= 0.3 is 0 Å². The van der Waals surface area contributed by atoms with Crippen molar-refractivity contribution in [1.82, 2.24) is 25.1 Å². The lowest BCUT2D eigenvalue weighted by molar-refractivity contribution is 0.0610. The van der Waals surface area contributed by atoms with Crippen LogP contribution in [0.4, 0.5) is 0 Å². The largest absolute Gasteiger partial charge is 0.488 e. The summed E-state index contributed by atoms with van der Waals surface area (Å²) in [5, 5.41) is 10.0. The van der Waals surface area contributed by atoms with Gasteiger partial charge in [-0.25, -0.2) is 0 Å². The molecule has 34 heavy (non-hydrogen) atoms. The van der Waals surface area contributed by atoms with Crippen molar-refractivity contribution in [2.24, 2.45) is 0 Å². The smallest absolute Gasteiger partial charge is 0.257 e. The Kier molecular flexibility index (Phi) is 6.41. The van der Waals surface area contributed by atoms with E-state index in [-0.39, 0.29) is 5.91 Å². The first-order valence-corrected chi connectivity index (χ1v) is 12.0. The van der Waals surface area contributed by atoms with Crippen LogP contribution in [0.2, 0.25) is 0 Å². The Morgan fingerprint density at radius 3 is 2.62 bits per heavy atom. The lowest BCUT2D eigenvalue weighted by Crippen LogP contribution is -2.48. The maximum Gasteiger partial charge on any atom is 0.257 e. The fourth-order valence-corrected chi connectivity index (χ4v) is 4.57. The van der Waals surface area contributed by atoms with Crippen LogP contribution in [0.15, 0.2) is 50.8 Å². The zero-order valence-electron chi connectivity index (χ0n) is 19.1. The van der Waals surface area contributed by atoms with Gasteiger partial charge in [0, 0.05) is 26.2 Å². The number of carbonyl (C=O) groups is 1. The van der Waals surface area contributed by atoms with E-state index in [1.807, 2.05) is 60.5 Å². The molecule has 1 aliphatic heterocycles. The molecule has 176 valence electrons. The van der Waals surface area contributed by atoms with Gasteiger partial charge in [-0.3, -0.25) is 9.69 Å². The number of nitrogens with zero attached hydrogens (tertiary/aromatic N) is 5. The number of amides is 1. The molecule has 0 bridgehead atoms. The van der Waals surface area contributed by atoms with E-state index in [4.69, 9.17) is 13.8 Å². The van der Waals surface area contributed by atoms with Crippen molar-refractivity contribution in [3.8, 4) is 16.5 Å². The summed E-state index contributed by atoms with van der Waals surface area (Å²) in [6, 6.07) is 11.3. The normalized spacial score (nSPS) is 14.5. The topological polar surface area (TPSA) is 97.7 Å². The van der Waals surface area contributed by atoms with Gasteiger partial charge in [0.15, 0.2) is 0 Å². The fourth-order valence-electron chi connectivity index (χ4n) is 3.92. The van der Waals surface area contributed by atoms with Gasteiger partial charge in [0.1, 0.15) is 18.1 Å². The summed E-state index contributed by atoms with van der Waals surface area (Å²) in [5.74, 6) is 2.45. The lowest BCUT2D eigenvalue weighted by atomic mass is 10.1. The SMILES string of the molecule is Cc1noc(C)c1COc1ccccc1C(=O)N1CCN(Cc2nc(-c3cccs3)no2)CC1. The van der Waals surface area contributed by atoms with E-state index >= 15 is 0 Å². The monoisotopic (exact) mass is 479 g/mol. The predicted molar refractivity (Wildman–Crippen MR) is 126 cm³/mol. The van der Waals surface area contributed by atoms with Crippen molar-refractivity contribution in [1.29, 1.82) is 0 Å². The van der Waals surface area contributed by atoms with Crippen LogP contribution < -0.4 is 4.74 Å². The second-order valence-corrected chi connectivity index (χ2v) is 9.09. The molecule has 0 spiro atoms. The zero-order chi connectivity index (χ0) is 23.5. The maximum absolute atomic E-state index is 13.3. The Bertz CT molecular complexity index is 1240. The Morgan fingerprint density at radius 2 is 1.88 bits per heavy atom. The molecule has 0 saturated carbocycles. The minimum absolute atomic E-state index is 0.0354. The highest BCUT2D eigenvalue weighted by Crippen LogP contribution is 2.24. The molecule has 0 radical (unpaired) electrons. The van der Waals surface area contributed by atoms with Gasteiger partial charge in [0.05, 0.1) is 28.2 Å². The molecule has 10 heteroatoms. The zero-order valence-corrected chi connectivity index (χ0v) is 19.9. The van der Waals surface area contributed by atoms with E-state index in [0.717, 1.165) is 35.0 Å². The number of rotatable bonds is 7. The van der Waals surface area contributed by atoms with Crippen LogP contribution in [-0.2, 0) is 13.2 Å². The van der Waals surface area contributed by atoms with Gasteiger partial charge in [-0.05, 0) is 37.4 Å². The van der Waals surface area contributed by atoms with Crippen molar-refractivity contribution in [2.45, 2.75) is 27.0 Å². The van der Waals surface area contributed by atoms with E-state index in [1.165, 1.54) is 0 Å². The van der Waals surface area contributed by atoms with E-state index in [1.54, 1.807) is 11.3 Å². The summed E-state index contributed by atoms with van der Waals surface area (Å²) in [6.07, 6.45) is 0. The number of aryl methyl sites for hydroxylation is 2. The molecule has 0 aliphatic carbocycles. The molecule has 1 aliphatic rings. The standard InChI is InChI=1S/C24H25N5O4S/c1-16-19(17(2)32-26-16)15-31-20-7-4-3-6-18(20)24(30)29-11-9-28(10-12-29)14-22-25-23(27-33-22)21-8-5-13-34-21/h3-8,13H,9-12,14-15H2,1-2H3. The fraction of sp³-hybridized carbons (Fsp3) is 0.333. The van der Waals surface area contributed by atoms with Gasteiger partial charge in [0.25, 0.3) is 5.91 Å². The number of piperazine rings is 1. The number of para-hydroxylation sites is 1. The Hall–Kier alpha value is -3.50. The molecule has 1 amide bonds. The van der Waals surface area contributed by atoms with Crippen LogP contribution in [0.5, 0.6) is 5.75 Å². The molecule has 9 nitrogen and oxygen atoms in total.